The highest BCUT2D eigenvalue weighted by Gasteiger charge is 2.38. The Morgan fingerprint density at radius 3 is 2.77 bits per heavy atom. The Hall–Kier alpha value is -2.78. The zero-order valence-corrected chi connectivity index (χ0v) is 15.4. The molecule has 0 radical (unpaired) electrons. The molecule has 6 rings (SSSR count). The van der Waals surface area contributed by atoms with Gasteiger partial charge in [-0.15, -0.1) is 11.3 Å². The van der Waals surface area contributed by atoms with Crippen LogP contribution in [0.1, 0.15) is 25.0 Å². The third-order valence-electron chi connectivity index (χ3n) is 5.76. The summed E-state index contributed by atoms with van der Waals surface area (Å²) in [6, 6.07) is 15.5. The first-order valence-electron chi connectivity index (χ1n) is 8.84. The maximum Gasteiger partial charge on any atom is 0.0746 e. The fraction of sp³-hybridized carbons (Fsp3) is 0.130. The van der Waals surface area contributed by atoms with Crippen molar-refractivity contribution < 1.29 is 0 Å². The van der Waals surface area contributed by atoms with Crippen LogP contribution in [0.2, 0.25) is 0 Å². The van der Waals surface area contributed by atoms with Crippen LogP contribution in [-0.2, 0) is 5.41 Å². The van der Waals surface area contributed by atoms with Crippen molar-refractivity contribution in [3.8, 4) is 11.3 Å². The lowest BCUT2D eigenvalue weighted by Crippen LogP contribution is -2.15. The van der Waals surface area contributed by atoms with Gasteiger partial charge in [-0.1, -0.05) is 26.0 Å². The lowest BCUT2D eigenvalue weighted by Gasteiger charge is -2.22. The van der Waals surface area contributed by atoms with Crippen LogP contribution in [0.25, 0.3) is 42.2 Å². The Morgan fingerprint density at radius 2 is 1.85 bits per heavy atom. The highest BCUT2D eigenvalue weighted by Crippen LogP contribution is 2.53. The number of hydrogen-bond acceptors (Lipinski definition) is 3. The molecule has 0 unspecified atom stereocenters. The van der Waals surface area contributed by atoms with Crippen molar-refractivity contribution in [2.24, 2.45) is 0 Å². The summed E-state index contributed by atoms with van der Waals surface area (Å²) in [6.07, 6.45) is 5.73. The van der Waals surface area contributed by atoms with E-state index < -0.39 is 0 Å². The van der Waals surface area contributed by atoms with Crippen molar-refractivity contribution >= 4 is 42.3 Å². The first-order valence-corrected chi connectivity index (χ1v) is 9.65. The molecule has 0 N–H and O–H groups in total. The lowest BCUT2D eigenvalue weighted by molar-refractivity contribution is 0.665. The van der Waals surface area contributed by atoms with Crippen molar-refractivity contribution in [3.63, 3.8) is 0 Å². The first kappa shape index (κ1) is 14.4. The van der Waals surface area contributed by atoms with E-state index in [1.54, 1.807) is 0 Å². The van der Waals surface area contributed by atoms with Crippen molar-refractivity contribution in [1.29, 1.82) is 0 Å². The summed E-state index contributed by atoms with van der Waals surface area (Å²) in [5.74, 6) is 0. The van der Waals surface area contributed by atoms with Crippen LogP contribution in [0, 0.1) is 0 Å². The number of fused-ring (bicyclic) bond motifs is 8. The minimum absolute atomic E-state index is 0.0420. The monoisotopic (exact) mass is 352 g/mol. The minimum Gasteiger partial charge on any atom is -0.264 e. The number of nitrogens with zero attached hydrogens (tertiary/aromatic N) is 2. The Bertz CT molecular complexity index is 1360. The summed E-state index contributed by atoms with van der Waals surface area (Å²) in [4.78, 5) is 8.99. The Labute approximate surface area is 155 Å². The van der Waals surface area contributed by atoms with E-state index in [4.69, 9.17) is 4.98 Å². The van der Waals surface area contributed by atoms with E-state index in [1.807, 2.05) is 29.9 Å². The molecule has 124 valence electrons. The fourth-order valence-electron chi connectivity index (χ4n) is 4.55. The molecular weight excluding hydrogens is 336 g/mol. The van der Waals surface area contributed by atoms with Crippen molar-refractivity contribution in [3.05, 3.63) is 72.2 Å². The predicted molar refractivity (Wildman–Crippen MR) is 110 cm³/mol. The van der Waals surface area contributed by atoms with Gasteiger partial charge in [0.2, 0.25) is 0 Å². The number of rotatable bonds is 0. The zero-order valence-electron chi connectivity index (χ0n) is 14.6. The van der Waals surface area contributed by atoms with Gasteiger partial charge in [0.1, 0.15) is 0 Å². The van der Waals surface area contributed by atoms with Gasteiger partial charge in [0.05, 0.1) is 5.69 Å². The standard InChI is InChI=1S/C23H16N2S/c1-23(2)17-4-3-8-25-22(17)15-5-6-18-20(21(15)23)16-10-13-7-9-24-12-14(13)11-19(16)26-18/h3-12H,1-2H3. The third-order valence-corrected chi connectivity index (χ3v) is 6.87. The van der Waals surface area contributed by atoms with Gasteiger partial charge < -0.3 is 0 Å². The third kappa shape index (κ3) is 1.66. The normalized spacial score (nSPS) is 14.8. The predicted octanol–water partition coefficient (Wildman–Crippen LogP) is 6.30. The second-order valence-corrected chi connectivity index (χ2v) is 8.64. The summed E-state index contributed by atoms with van der Waals surface area (Å²) in [5.41, 5.74) is 5.13. The van der Waals surface area contributed by atoms with Gasteiger partial charge in [0.25, 0.3) is 0 Å². The molecule has 5 aromatic rings. The molecule has 0 atom stereocenters. The Kier molecular flexibility index (Phi) is 2.59. The van der Waals surface area contributed by atoms with Crippen LogP contribution in [0.3, 0.4) is 0 Å². The smallest absolute Gasteiger partial charge is 0.0746 e. The molecule has 0 spiro atoms. The Morgan fingerprint density at radius 1 is 0.923 bits per heavy atom. The first-order chi connectivity index (χ1) is 12.6. The topological polar surface area (TPSA) is 25.8 Å². The number of benzene rings is 2. The van der Waals surface area contributed by atoms with Crippen LogP contribution < -0.4 is 0 Å². The molecule has 2 nitrogen and oxygen atoms in total. The fourth-order valence-corrected chi connectivity index (χ4v) is 5.70. The largest absolute Gasteiger partial charge is 0.264 e. The van der Waals surface area contributed by atoms with E-state index in [2.05, 4.69) is 61.3 Å². The number of aromatic nitrogens is 2. The molecule has 1 aliphatic rings. The van der Waals surface area contributed by atoms with Crippen LogP contribution >= 0.6 is 11.3 Å². The van der Waals surface area contributed by atoms with Gasteiger partial charge in [-0.05, 0) is 46.8 Å². The number of hydrogen-bond donors (Lipinski definition) is 0. The molecule has 0 bridgehead atoms. The maximum absolute atomic E-state index is 4.71. The molecule has 0 fully saturated rings. The molecule has 2 aromatic carbocycles. The van der Waals surface area contributed by atoms with Crippen LogP contribution in [0.5, 0.6) is 0 Å². The van der Waals surface area contributed by atoms with Gasteiger partial charge >= 0.3 is 0 Å². The van der Waals surface area contributed by atoms with E-state index in [-0.39, 0.29) is 5.41 Å². The molecule has 0 amide bonds. The van der Waals surface area contributed by atoms with E-state index in [0.29, 0.717) is 0 Å². The van der Waals surface area contributed by atoms with Crippen molar-refractivity contribution in [2.45, 2.75) is 19.3 Å². The summed E-state index contributed by atoms with van der Waals surface area (Å²) in [5, 5.41) is 5.19. The summed E-state index contributed by atoms with van der Waals surface area (Å²) in [7, 11) is 0. The summed E-state index contributed by atoms with van der Waals surface area (Å²) >= 11 is 1.87. The highest BCUT2D eigenvalue weighted by molar-refractivity contribution is 7.26. The number of pyridine rings is 2. The highest BCUT2D eigenvalue weighted by atomic mass is 32.1. The van der Waals surface area contributed by atoms with Crippen LogP contribution in [0.4, 0.5) is 0 Å². The van der Waals surface area contributed by atoms with Crippen LogP contribution in [0.15, 0.2) is 61.1 Å². The maximum atomic E-state index is 4.71. The molecule has 3 heteroatoms. The van der Waals surface area contributed by atoms with E-state index in [9.17, 15) is 0 Å². The molecule has 0 saturated carbocycles. The number of thiophene rings is 1. The van der Waals surface area contributed by atoms with Crippen molar-refractivity contribution in [1.82, 2.24) is 9.97 Å². The van der Waals surface area contributed by atoms with Crippen LogP contribution in [-0.4, -0.2) is 9.97 Å². The molecular formula is C23H16N2S. The molecule has 0 aliphatic heterocycles. The summed E-state index contributed by atoms with van der Waals surface area (Å²) in [6.45, 7) is 4.65. The average molecular weight is 352 g/mol. The molecule has 1 aliphatic carbocycles. The molecule has 3 aromatic heterocycles. The van der Waals surface area contributed by atoms with Gasteiger partial charge in [0, 0.05) is 55.1 Å². The average Bonchev–Trinajstić information content (AvgIpc) is 3.12. The molecule has 3 heterocycles. The van der Waals surface area contributed by atoms with Gasteiger partial charge in [-0.3, -0.25) is 9.97 Å². The minimum atomic E-state index is -0.0420. The van der Waals surface area contributed by atoms with Gasteiger partial charge in [0.15, 0.2) is 0 Å². The molecule has 26 heavy (non-hydrogen) atoms. The van der Waals surface area contributed by atoms with E-state index >= 15 is 0 Å². The second kappa shape index (κ2) is 4.68. The van der Waals surface area contributed by atoms with E-state index in [0.717, 1.165) is 5.69 Å². The SMILES string of the molecule is CC1(C)c2cccnc2-c2ccc3sc4cc5cnccc5cc4c3c21. The van der Waals surface area contributed by atoms with Gasteiger partial charge in [-0.2, -0.15) is 0 Å². The lowest BCUT2D eigenvalue weighted by atomic mass is 9.80. The zero-order chi connectivity index (χ0) is 17.5. The summed E-state index contributed by atoms with van der Waals surface area (Å²) < 4.78 is 2.68. The Balaban J connectivity index is 1.83. The van der Waals surface area contributed by atoms with E-state index in [1.165, 1.54) is 47.6 Å². The van der Waals surface area contributed by atoms with Crippen molar-refractivity contribution in [2.75, 3.05) is 0 Å². The second-order valence-electron chi connectivity index (χ2n) is 7.56. The molecule has 0 saturated heterocycles. The quantitative estimate of drug-likeness (QED) is 0.327. The van der Waals surface area contributed by atoms with Gasteiger partial charge in [-0.25, -0.2) is 0 Å².